The summed E-state index contributed by atoms with van der Waals surface area (Å²) in [6.45, 7) is 2.11. The molecule has 0 saturated heterocycles. The van der Waals surface area contributed by atoms with Gasteiger partial charge in [-0.3, -0.25) is 0 Å². The zero-order chi connectivity index (χ0) is 23.3. The van der Waals surface area contributed by atoms with E-state index < -0.39 is 11.7 Å². The standard InChI is InChI=1S/C26H29F3N4/c1-2-3-7-18-8-6-11-22(16-18)31-24-23(26(27,28)29)17-30-25(33-24)32-21-14-12-20(13-15-21)19-9-4-5-10-19/h6,8,11-17,19H,2-5,7,9-10H2,1H3,(H2,30,31,32,33). The van der Waals surface area contributed by atoms with E-state index in [2.05, 4.69) is 39.7 Å². The van der Waals surface area contributed by atoms with Crippen LogP contribution in [0.25, 0.3) is 0 Å². The number of anilines is 4. The minimum atomic E-state index is -4.57. The normalized spacial score (nSPS) is 14.4. The average Bonchev–Trinajstić information content (AvgIpc) is 3.33. The third-order valence-electron chi connectivity index (χ3n) is 6.10. The highest BCUT2D eigenvalue weighted by molar-refractivity contribution is 5.63. The lowest BCUT2D eigenvalue weighted by molar-refractivity contribution is -0.137. The highest BCUT2D eigenvalue weighted by atomic mass is 19.4. The summed E-state index contributed by atoms with van der Waals surface area (Å²) in [5, 5.41) is 5.89. The SMILES string of the molecule is CCCCc1cccc(Nc2nc(Nc3ccc(C4CCCC4)cc3)ncc2C(F)(F)F)c1. The Bertz CT molecular complexity index is 1060. The smallest absolute Gasteiger partial charge is 0.340 e. The maximum absolute atomic E-state index is 13.6. The number of nitrogens with one attached hydrogen (secondary N) is 2. The molecule has 1 heterocycles. The van der Waals surface area contributed by atoms with E-state index in [1.165, 1.54) is 31.2 Å². The number of aromatic nitrogens is 2. The van der Waals surface area contributed by atoms with Crippen LogP contribution in [0, 0.1) is 0 Å². The quantitative estimate of drug-likeness (QED) is 0.362. The first-order chi connectivity index (χ1) is 15.9. The summed E-state index contributed by atoms with van der Waals surface area (Å²) >= 11 is 0. The van der Waals surface area contributed by atoms with E-state index >= 15 is 0 Å². The summed E-state index contributed by atoms with van der Waals surface area (Å²) in [7, 11) is 0. The molecule has 1 fully saturated rings. The molecule has 0 unspecified atom stereocenters. The van der Waals surface area contributed by atoms with Crippen molar-refractivity contribution < 1.29 is 13.2 Å². The van der Waals surface area contributed by atoms with Crippen molar-refractivity contribution in [3.8, 4) is 0 Å². The largest absolute Gasteiger partial charge is 0.421 e. The van der Waals surface area contributed by atoms with Crippen LogP contribution in [0.4, 0.5) is 36.3 Å². The van der Waals surface area contributed by atoms with Crippen molar-refractivity contribution in [3.05, 3.63) is 71.4 Å². The maximum atomic E-state index is 13.6. The minimum Gasteiger partial charge on any atom is -0.340 e. The van der Waals surface area contributed by atoms with Crippen LogP contribution in [-0.2, 0) is 12.6 Å². The van der Waals surface area contributed by atoms with E-state index in [-0.39, 0.29) is 11.8 Å². The lowest BCUT2D eigenvalue weighted by atomic mass is 9.98. The number of alkyl halides is 3. The minimum absolute atomic E-state index is 0.112. The summed E-state index contributed by atoms with van der Waals surface area (Å²) in [6.07, 6.45) is 4.17. The molecule has 7 heteroatoms. The van der Waals surface area contributed by atoms with Crippen LogP contribution in [0.1, 0.15) is 68.1 Å². The Morgan fingerprint density at radius 3 is 2.42 bits per heavy atom. The Kier molecular flexibility index (Phi) is 7.16. The monoisotopic (exact) mass is 454 g/mol. The lowest BCUT2D eigenvalue weighted by Crippen LogP contribution is -2.12. The Balaban J connectivity index is 1.55. The number of aryl methyl sites for hydroxylation is 1. The Morgan fingerprint density at radius 2 is 1.73 bits per heavy atom. The van der Waals surface area contributed by atoms with Crippen LogP contribution in [0.2, 0.25) is 0 Å². The molecule has 0 spiro atoms. The van der Waals surface area contributed by atoms with Gasteiger partial charge in [-0.05, 0) is 67.0 Å². The van der Waals surface area contributed by atoms with Gasteiger partial charge in [-0.1, -0.05) is 50.5 Å². The van der Waals surface area contributed by atoms with Crippen LogP contribution in [-0.4, -0.2) is 9.97 Å². The Labute approximate surface area is 192 Å². The second kappa shape index (κ2) is 10.2. The molecule has 1 saturated carbocycles. The van der Waals surface area contributed by atoms with Crippen molar-refractivity contribution in [1.82, 2.24) is 9.97 Å². The average molecular weight is 455 g/mol. The summed E-state index contributed by atoms with van der Waals surface area (Å²) in [6, 6.07) is 15.4. The van der Waals surface area contributed by atoms with E-state index in [1.807, 2.05) is 30.3 Å². The van der Waals surface area contributed by atoms with Crippen LogP contribution < -0.4 is 10.6 Å². The molecule has 3 aromatic rings. The second-order valence-corrected chi connectivity index (χ2v) is 8.61. The molecule has 2 aromatic carbocycles. The Hall–Kier alpha value is -3.09. The van der Waals surface area contributed by atoms with Crippen LogP contribution >= 0.6 is 0 Å². The zero-order valence-corrected chi connectivity index (χ0v) is 18.8. The lowest BCUT2D eigenvalue weighted by Gasteiger charge is -2.16. The van der Waals surface area contributed by atoms with Gasteiger partial charge >= 0.3 is 6.18 Å². The topological polar surface area (TPSA) is 49.8 Å². The maximum Gasteiger partial charge on any atom is 0.421 e. The van der Waals surface area contributed by atoms with Gasteiger partial charge in [0.25, 0.3) is 0 Å². The summed E-state index contributed by atoms with van der Waals surface area (Å²) < 4.78 is 40.8. The van der Waals surface area contributed by atoms with Gasteiger partial charge in [0, 0.05) is 17.6 Å². The van der Waals surface area contributed by atoms with Gasteiger partial charge in [-0.2, -0.15) is 18.2 Å². The zero-order valence-electron chi connectivity index (χ0n) is 18.8. The molecule has 1 aliphatic carbocycles. The number of rotatable bonds is 8. The van der Waals surface area contributed by atoms with Crippen molar-refractivity contribution in [3.63, 3.8) is 0 Å². The first kappa shape index (κ1) is 23.1. The number of hydrogen-bond acceptors (Lipinski definition) is 4. The van der Waals surface area contributed by atoms with Gasteiger partial charge < -0.3 is 10.6 Å². The predicted molar refractivity (Wildman–Crippen MR) is 126 cm³/mol. The molecule has 33 heavy (non-hydrogen) atoms. The van der Waals surface area contributed by atoms with E-state index in [0.29, 0.717) is 11.6 Å². The van der Waals surface area contributed by atoms with Crippen molar-refractivity contribution in [2.24, 2.45) is 0 Å². The van der Waals surface area contributed by atoms with Crippen molar-refractivity contribution >= 4 is 23.1 Å². The number of benzene rings is 2. The first-order valence-electron chi connectivity index (χ1n) is 11.6. The number of unbranched alkanes of at least 4 members (excludes halogenated alkanes) is 1. The summed E-state index contributed by atoms with van der Waals surface area (Å²) in [4.78, 5) is 8.09. The molecule has 174 valence electrons. The third kappa shape index (κ3) is 6.03. The molecule has 4 rings (SSSR count). The van der Waals surface area contributed by atoms with E-state index in [0.717, 1.165) is 36.7 Å². The fraction of sp³-hybridized carbons (Fsp3) is 0.385. The Morgan fingerprint density at radius 1 is 0.970 bits per heavy atom. The predicted octanol–water partition coefficient (Wildman–Crippen LogP) is 7.98. The van der Waals surface area contributed by atoms with Crippen LogP contribution in [0.5, 0.6) is 0 Å². The molecule has 4 nitrogen and oxygen atoms in total. The molecule has 0 radical (unpaired) electrons. The number of hydrogen-bond donors (Lipinski definition) is 2. The molecule has 0 amide bonds. The van der Waals surface area contributed by atoms with Gasteiger partial charge in [0.05, 0.1) is 0 Å². The van der Waals surface area contributed by atoms with Gasteiger partial charge in [-0.25, -0.2) is 4.98 Å². The molecule has 1 aliphatic rings. The third-order valence-corrected chi connectivity index (χ3v) is 6.10. The highest BCUT2D eigenvalue weighted by Gasteiger charge is 2.35. The van der Waals surface area contributed by atoms with Crippen molar-refractivity contribution in [2.75, 3.05) is 10.6 Å². The highest BCUT2D eigenvalue weighted by Crippen LogP contribution is 2.36. The number of nitrogens with zero attached hydrogens (tertiary/aromatic N) is 2. The molecular formula is C26H29F3N4. The summed E-state index contributed by atoms with van der Waals surface area (Å²) in [5.74, 6) is 0.446. The molecular weight excluding hydrogens is 425 g/mol. The summed E-state index contributed by atoms with van der Waals surface area (Å²) in [5.41, 5.74) is 2.79. The van der Waals surface area contributed by atoms with Crippen LogP contribution in [0.15, 0.2) is 54.7 Å². The molecule has 1 aromatic heterocycles. The van der Waals surface area contributed by atoms with Gasteiger partial charge in [0.15, 0.2) is 0 Å². The molecule has 0 atom stereocenters. The van der Waals surface area contributed by atoms with Gasteiger partial charge in [0.2, 0.25) is 5.95 Å². The second-order valence-electron chi connectivity index (χ2n) is 8.61. The van der Waals surface area contributed by atoms with Crippen LogP contribution in [0.3, 0.4) is 0 Å². The number of halogens is 3. The fourth-order valence-corrected chi connectivity index (χ4v) is 4.29. The van der Waals surface area contributed by atoms with Crippen molar-refractivity contribution in [1.29, 1.82) is 0 Å². The van der Waals surface area contributed by atoms with E-state index in [4.69, 9.17) is 0 Å². The van der Waals surface area contributed by atoms with Gasteiger partial charge in [-0.15, -0.1) is 0 Å². The fourth-order valence-electron chi connectivity index (χ4n) is 4.29. The van der Waals surface area contributed by atoms with E-state index in [9.17, 15) is 13.2 Å². The van der Waals surface area contributed by atoms with Gasteiger partial charge in [0.1, 0.15) is 11.4 Å². The molecule has 2 N–H and O–H groups in total. The molecule has 0 aliphatic heterocycles. The van der Waals surface area contributed by atoms with E-state index in [1.54, 1.807) is 6.07 Å². The first-order valence-corrected chi connectivity index (χ1v) is 11.6. The molecule has 0 bridgehead atoms. The van der Waals surface area contributed by atoms with Crippen molar-refractivity contribution in [2.45, 2.75) is 64.0 Å².